The van der Waals surface area contributed by atoms with Crippen LogP contribution >= 0.6 is 0 Å². The number of benzene rings is 3. The Bertz CT molecular complexity index is 969. The maximum absolute atomic E-state index is 5.55. The Hall–Kier alpha value is -2.82. The molecule has 1 heterocycles. The van der Waals surface area contributed by atoms with Crippen LogP contribution in [0, 0.1) is 0 Å². The van der Waals surface area contributed by atoms with Gasteiger partial charge in [0.05, 0.1) is 20.3 Å². The molecule has 0 aromatic heterocycles. The van der Waals surface area contributed by atoms with Gasteiger partial charge in [-0.2, -0.15) is 0 Å². The molecule has 3 aromatic carbocycles. The van der Waals surface area contributed by atoms with Crippen molar-refractivity contribution in [1.82, 2.24) is 9.80 Å². The van der Waals surface area contributed by atoms with Crippen molar-refractivity contribution in [2.75, 3.05) is 40.9 Å². The van der Waals surface area contributed by atoms with Crippen LogP contribution in [0.4, 0.5) is 0 Å². The second kappa shape index (κ2) is 9.76. The number of hydrogen-bond acceptors (Lipinski definition) is 4. The maximum Gasteiger partial charge on any atom is 0.160 e. The van der Waals surface area contributed by atoms with Crippen LogP contribution in [0.15, 0.2) is 78.9 Å². The highest BCUT2D eigenvalue weighted by molar-refractivity contribution is 5.43. The molecule has 3 aromatic rings. The van der Waals surface area contributed by atoms with E-state index in [9.17, 15) is 0 Å². The van der Waals surface area contributed by atoms with Gasteiger partial charge in [-0.25, -0.2) is 0 Å². The summed E-state index contributed by atoms with van der Waals surface area (Å²) in [6, 6.07) is 28.3. The highest BCUT2D eigenvalue weighted by Crippen LogP contribution is 2.35. The van der Waals surface area contributed by atoms with Gasteiger partial charge < -0.3 is 9.47 Å². The number of piperazine rings is 1. The van der Waals surface area contributed by atoms with Crippen molar-refractivity contribution in [3.63, 3.8) is 0 Å². The SMILES string of the molecule is COc1ccc(CC2(C)CN(C(c3ccccc3)c3ccccc3)CCN2C)cc1OC. The lowest BCUT2D eigenvalue weighted by Crippen LogP contribution is -2.60. The Balaban J connectivity index is 1.64. The van der Waals surface area contributed by atoms with Crippen LogP contribution in [0.25, 0.3) is 0 Å². The topological polar surface area (TPSA) is 24.9 Å². The van der Waals surface area contributed by atoms with E-state index in [1.807, 2.05) is 6.07 Å². The summed E-state index contributed by atoms with van der Waals surface area (Å²) >= 11 is 0. The van der Waals surface area contributed by atoms with Gasteiger partial charge in [0.25, 0.3) is 0 Å². The quantitative estimate of drug-likeness (QED) is 0.524. The number of nitrogens with zero attached hydrogens (tertiary/aromatic N) is 2. The molecular formula is C28H34N2O2. The first-order valence-corrected chi connectivity index (χ1v) is 11.3. The summed E-state index contributed by atoms with van der Waals surface area (Å²) in [6.45, 7) is 5.42. The minimum Gasteiger partial charge on any atom is -0.493 e. The van der Waals surface area contributed by atoms with Gasteiger partial charge in [-0.1, -0.05) is 66.7 Å². The molecule has 1 unspecified atom stereocenters. The zero-order chi connectivity index (χ0) is 22.6. The van der Waals surface area contributed by atoms with Crippen molar-refractivity contribution >= 4 is 0 Å². The van der Waals surface area contributed by atoms with Crippen LogP contribution in [-0.2, 0) is 6.42 Å². The summed E-state index contributed by atoms with van der Waals surface area (Å²) in [4.78, 5) is 5.15. The summed E-state index contributed by atoms with van der Waals surface area (Å²) < 4.78 is 11.0. The van der Waals surface area contributed by atoms with Crippen LogP contribution in [0.5, 0.6) is 11.5 Å². The molecule has 32 heavy (non-hydrogen) atoms. The molecule has 4 heteroatoms. The highest BCUT2D eigenvalue weighted by Gasteiger charge is 2.38. The van der Waals surface area contributed by atoms with Gasteiger partial charge in [-0.15, -0.1) is 0 Å². The molecule has 1 atom stereocenters. The third-order valence-corrected chi connectivity index (χ3v) is 6.82. The Morgan fingerprint density at radius 3 is 1.97 bits per heavy atom. The molecule has 0 amide bonds. The standard InChI is InChI=1S/C28H34N2O2/c1-28(20-22-15-16-25(31-3)26(19-22)32-4)21-30(18-17-29(28)2)27(23-11-7-5-8-12-23)24-13-9-6-10-14-24/h5-16,19,27H,17-18,20-21H2,1-4H3. The first-order chi connectivity index (χ1) is 15.5. The minimum atomic E-state index is -0.000337. The lowest BCUT2D eigenvalue weighted by molar-refractivity contribution is 0.0133. The van der Waals surface area contributed by atoms with Gasteiger partial charge in [0.15, 0.2) is 11.5 Å². The monoisotopic (exact) mass is 430 g/mol. The van der Waals surface area contributed by atoms with E-state index in [0.717, 1.165) is 37.6 Å². The van der Waals surface area contributed by atoms with Crippen LogP contribution in [0.3, 0.4) is 0 Å². The summed E-state index contributed by atoms with van der Waals surface area (Å²) in [5.41, 5.74) is 3.95. The van der Waals surface area contributed by atoms with Crippen molar-refractivity contribution in [2.24, 2.45) is 0 Å². The smallest absolute Gasteiger partial charge is 0.160 e. The highest BCUT2D eigenvalue weighted by atomic mass is 16.5. The predicted molar refractivity (Wildman–Crippen MR) is 131 cm³/mol. The lowest BCUT2D eigenvalue weighted by atomic mass is 9.86. The van der Waals surface area contributed by atoms with E-state index in [0.29, 0.717) is 0 Å². The molecule has 0 radical (unpaired) electrons. The third-order valence-electron chi connectivity index (χ3n) is 6.82. The van der Waals surface area contributed by atoms with E-state index in [1.165, 1.54) is 16.7 Å². The molecule has 1 fully saturated rings. The Kier molecular flexibility index (Phi) is 6.83. The van der Waals surface area contributed by atoms with Gasteiger partial charge in [0, 0.05) is 25.2 Å². The first kappa shape index (κ1) is 22.4. The Labute approximate surface area is 192 Å². The normalized spacial score (nSPS) is 19.8. The van der Waals surface area contributed by atoms with Gasteiger partial charge in [-0.3, -0.25) is 9.80 Å². The van der Waals surface area contributed by atoms with Crippen LogP contribution in [0.1, 0.15) is 29.7 Å². The summed E-state index contributed by atoms with van der Waals surface area (Å²) in [7, 11) is 5.62. The number of ether oxygens (including phenoxy) is 2. The number of likely N-dealkylation sites (N-methyl/N-ethyl adjacent to an activating group) is 1. The fraction of sp³-hybridized carbons (Fsp3) is 0.357. The van der Waals surface area contributed by atoms with Crippen LogP contribution in [-0.4, -0.2) is 56.2 Å². The van der Waals surface area contributed by atoms with Gasteiger partial charge in [0.1, 0.15) is 0 Å². The first-order valence-electron chi connectivity index (χ1n) is 11.3. The summed E-state index contributed by atoms with van der Waals surface area (Å²) in [5.74, 6) is 1.56. The molecule has 1 aliphatic heterocycles. The predicted octanol–water partition coefficient (Wildman–Crippen LogP) is 5.04. The van der Waals surface area contributed by atoms with Crippen molar-refractivity contribution in [1.29, 1.82) is 0 Å². The van der Waals surface area contributed by atoms with Crippen molar-refractivity contribution in [3.05, 3.63) is 95.6 Å². The second-order valence-electron chi connectivity index (χ2n) is 8.98. The van der Waals surface area contributed by atoms with E-state index in [-0.39, 0.29) is 11.6 Å². The molecule has 1 aliphatic rings. The van der Waals surface area contributed by atoms with E-state index in [1.54, 1.807) is 14.2 Å². The summed E-state index contributed by atoms with van der Waals surface area (Å²) in [5, 5.41) is 0. The number of methoxy groups -OCH3 is 2. The molecule has 1 saturated heterocycles. The molecule has 168 valence electrons. The second-order valence-corrected chi connectivity index (χ2v) is 8.98. The van der Waals surface area contributed by atoms with Crippen LogP contribution in [0.2, 0.25) is 0 Å². The van der Waals surface area contributed by atoms with E-state index in [2.05, 4.69) is 96.6 Å². The van der Waals surface area contributed by atoms with E-state index >= 15 is 0 Å². The molecule has 0 spiro atoms. The molecule has 0 saturated carbocycles. The maximum atomic E-state index is 5.55. The molecule has 4 rings (SSSR count). The molecular weight excluding hydrogens is 396 g/mol. The molecule has 0 aliphatic carbocycles. The zero-order valence-corrected chi connectivity index (χ0v) is 19.6. The largest absolute Gasteiger partial charge is 0.493 e. The number of rotatable bonds is 7. The van der Waals surface area contributed by atoms with Gasteiger partial charge in [0.2, 0.25) is 0 Å². The Morgan fingerprint density at radius 2 is 1.41 bits per heavy atom. The van der Waals surface area contributed by atoms with Crippen molar-refractivity contribution in [2.45, 2.75) is 24.9 Å². The minimum absolute atomic E-state index is 0.000337. The molecule has 0 N–H and O–H groups in total. The lowest BCUT2D eigenvalue weighted by Gasteiger charge is -2.50. The van der Waals surface area contributed by atoms with Crippen LogP contribution < -0.4 is 9.47 Å². The number of hydrogen-bond donors (Lipinski definition) is 0. The Morgan fingerprint density at radius 1 is 0.812 bits per heavy atom. The van der Waals surface area contributed by atoms with E-state index < -0.39 is 0 Å². The fourth-order valence-corrected chi connectivity index (χ4v) is 4.91. The average Bonchev–Trinajstić information content (AvgIpc) is 2.83. The van der Waals surface area contributed by atoms with Crippen molar-refractivity contribution < 1.29 is 9.47 Å². The zero-order valence-electron chi connectivity index (χ0n) is 19.6. The fourth-order valence-electron chi connectivity index (χ4n) is 4.91. The van der Waals surface area contributed by atoms with E-state index in [4.69, 9.17) is 9.47 Å². The van der Waals surface area contributed by atoms with Gasteiger partial charge in [-0.05, 0) is 49.2 Å². The summed E-state index contributed by atoms with van der Waals surface area (Å²) in [6.07, 6.45) is 0.941. The third kappa shape index (κ3) is 4.67. The molecule has 0 bridgehead atoms. The van der Waals surface area contributed by atoms with Gasteiger partial charge >= 0.3 is 0 Å². The van der Waals surface area contributed by atoms with Crippen molar-refractivity contribution in [3.8, 4) is 11.5 Å². The molecule has 4 nitrogen and oxygen atoms in total. The average molecular weight is 431 g/mol.